The molecule has 0 spiro atoms. The third-order valence-electron chi connectivity index (χ3n) is 6.00. The average molecular weight is 401 g/mol. The zero-order valence-electron chi connectivity index (χ0n) is 17.1. The number of aromatic nitrogens is 3. The maximum absolute atomic E-state index is 13.9. The first-order valence-electron chi connectivity index (χ1n) is 10.5. The molecule has 5 heteroatoms. The number of aryl methyl sites for hydroxylation is 1. The fourth-order valence-corrected chi connectivity index (χ4v) is 4.29. The summed E-state index contributed by atoms with van der Waals surface area (Å²) in [7, 11) is 0. The lowest BCUT2D eigenvalue weighted by atomic mass is 9.96. The summed E-state index contributed by atoms with van der Waals surface area (Å²) >= 11 is 0. The quantitative estimate of drug-likeness (QED) is 0.471. The van der Waals surface area contributed by atoms with Crippen LogP contribution >= 0.6 is 0 Å². The van der Waals surface area contributed by atoms with Crippen LogP contribution in [0.3, 0.4) is 0 Å². The number of nitrogens with zero attached hydrogens (tertiary/aromatic N) is 4. The lowest BCUT2D eigenvalue weighted by Gasteiger charge is -2.30. The van der Waals surface area contributed by atoms with Gasteiger partial charge in [0.1, 0.15) is 5.82 Å². The van der Waals surface area contributed by atoms with Crippen LogP contribution in [0, 0.1) is 12.7 Å². The monoisotopic (exact) mass is 400 g/mol. The number of hydrogen-bond donors (Lipinski definition) is 0. The molecule has 4 aromatic rings. The van der Waals surface area contributed by atoms with E-state index in [1.54, 1.807) is 6.07 Å². The standard InChI is InChI=1S/C25H25FN4/c1-18-5-4-7-20(15-18)21-9-10-24-27-25(28-30(24)17-21)19-11-13-29(14-12-19)16-22-6-2-3-8-23(22)26/h2-10,15,17,19H,11-14,16H2,1H3. The molecule has 4 nitrogen and oxygen atoms in total. The van der Waals surface area contributed by atoms with E-state index >= 15 is 0 Å². The Labute approximate surface area is 176 Å². The number of benzene rings is 2. The Morgan fingerprint density at radius 3 is 2.60 bits per heavy atom. The van der Waals surface area contributed by atoms with Crippen molar-refractivity contribution in [3.05, 3.63) is 89.6 Å². The SMILES string of the molecule is Cc1cccc(-c2ccc3nc(C4CCN(Cc5ccccc5F)CC4)nn3c2)c1. The molecule has 0 amide bonds. The van der Waals surface area contributed by atoms with Crippen LogP contribution in [-0.2, 0) is 6.54 Å². The van der Waals surface area contributed by atoms with E-state index in [9.17, 15) is 4.39 Å². The summed E-state index contributed by atoms with van der Waals surface area (Å²) in [5, 5.41) is 4.80. The minimum Gasteiger partial charge on any atom is -0.299 e. The lowest BCUT2D eigenvalue weighted by Crippen LogP contribution is -2.33. The first kappa shape index (κ1) is 18.9. The van der Waals surface area contributed by atoms with Gasteiger partial charge >= 0.3 is 0 Å². The van der Waals surface area contributed by atoms with Crippen LogP contribution in [0.15, 0.2) is 66.9 Å². The molecule has 1 aliphatic heterocycles. The molecule has 0 radical (unpaired) electrons. The summed E-state index contributed by atoms with van der Waals surface area (Å²) in [4.78, 5) is 7.11. The third kappa shape index (κ3) is 3.85. The molecule has 1 aliphatic rings. The molecule has 0 atom stereocenters. The van der Waals surface area contributed by atoms with Gasteiger partial charge < -0.3 is 0 Å². The Morgan fingerprint density at radius 2 is 1.80 bits per heavy atom. The van der Waals surface area contributed by atoms with Crippen molar-refractivity contribution < 1.29 is 4.39 Å². The number of hydrogen-bond acceptors (Lipinski definition) is 3. The zero-order valence-corrected chi connectivity index (χ0v) is 17.1. The molecular weight excluding hydrogens is 375 g/mol. The summed E-state index contributed by atoms with van der Waals surface area (Å²) in [5.74, 6) is 1.15. The van der Waals surface area contributed by atoms with Gasteiger partial charge in [0.15, 0.2) is 11.5 Å². The molecule has 152 valence electrons. The molecule has 1 saturated heterocycles. The molecule has 2 aromatic heterocycles. The average Bonchev–Trinajstić information content (AvgIpc) is 3.19. The number of fused-ring (bicyclic) bond motifs is 1. The van der Waals surface area contributed by atoms with Gasteiger partial charge in [-0.3, -0.25) is 4.90 Å². The Kier molecular flexibility index (Phi) is 5.05. The maximum atomic E-state index is 13.9. The van der Waals surface area contributed by atoms with E-state index in [2.05, 4.69) is 48.4 Å². The zero-order chi connectivity index (χ0) is 20.5. The number of piperidine rings is 1. The second kappa shape index (κ2) is 8.00. The van der Waals surface area contributed by atoms with Gasteiger partial charge in [-0.1, -0.05) is 48.0 Å². The fraction of sp³-hybridized carbons (Fsp3) is 0.280. The van der Waals surface area contributed by atoms with Crippen molar-refractivity contribution in [1.82, 2.24) is 19.5 Å². The Morgan fingerprint density at radius 1 is 0.967 bits per heavy atom. The molecule has 0 unspecified atom stereocenters. The molecule has 30 heavy (non-hydrogen) atoms. The number of pyridine rings is 1. The first-order valence-corrected chi connectivity index (χ1v) is 10.5. The number of halogens is 1. The smallest absolute Gasteiger partial charge is 0.155 e. The number of rotatable bonds is 4. The molecule has 3 heterocycles. The van der Waals surface area contributed by atoms with E-state index < -0.39 is 0 Å². The third-order valence-corrected chi connectivity index (χ3v) is 6.00. The van der Waals surface area contributed by atoms with Gasteiger partial charge in [0.2, 0.25) is 0 Å². The van der Waals surface area contributed by atoms with Gasteiger partial charge in [-0.2, -0.15) is 5.10 Å². The predicted octanol–water partition coefficient (Wildman–Crippen LogP) is 5.22. The van der Waals surface area contributed by atoms with E-state index in [0.717, 1.165) is 48.5 Å². The summed E-state index contributed by atoms with van der Waals surface area (Å²) in [5.41, 5.74) is 5.23. The van der Waals surface area contributed by atoms with Gasteiger partial charge in [0.05, 0.1) is 0 Å². The van der Waals surface area contributed by atoms with Crippen molar-refractivity contribution in [2.45, 2.75) is 32.2 Å². The fourth-order valence-electron chi connectivity index (χ4n) is 4.29. The van der Waals surface area contributed by atoms with Crippen molar-refractivity contribution in [2.24, 2.45) is 0 Å². The molecule has 0 saturated carbocycles. The molecule has 0 aliphatic carbocycles. The van der Waals surface area contributed by atoms with Crippen LogP contribution < -0.4 is 0 Å². The van der Waals surface area contributed by atoms with Gasteiger partial charge in [0.25, 0.3) is 0 Å². The summed E-state index contributed by atoms with van der Waals surface area (Å²) < 4.78 is 15.8. The normalized spacial score (nSPS) is 15.7. The number of likely N-dealkylation sites (tertiary alicyclic amines) is 1. The van der Waals surface area contributed by atoms with E-state index in [-0.39, 0.29) is 5.82 Å². The van der Waals surface area contributed by atoms with Crippen LogP contribution in [0.1, 0.15) is 35.7 Å². The molecule has 0 bridgehead atoms. The highest BCUT2D eigenvalue weighted by Crippen LogP contribution is 2.28. The Hall–Kier alpha value is -3.05. The van der Waals surface area contributed by atoms with Crippen LogP contribution in [0.4, 0.5) is 4.39 Å². The highest BCUT2D eigenvalue weighted by atomic mass is 19.1. The molecule has 2 aromatic carbocycles. The van der Waals surface area contributed by atoms with E-state index in [4.69, 9.17) is 10.1 Å². The van der Waals surface area contributed by atoms with Crippen molar-refractivity contribution in [2.75, 3.05) is 13.1 Å². The van der Waals surface area contributed by atoms with Crippen LogP contribution in [0.5, 0.6) is 0 Å². The Bertz CT molecular complexity index is 1170. The maximum Gasteiger partial charge on any atom is 0.155 e. The largest absolute Gasteiger partial charge is 0.299 e. The second-order valence-electron chi connectivity index (χ2n) is 8.20. The van der Waals surface area contributed by atoms with Gasteiger partial charge in [-0.15, -0.1) is 0 Å². The van der Waals surface area contributed by atoms with Gasteiger partial charge in [-0.05, 0) is 56.6 Å². The summed E-state index contributed by atoms with van der Waals surface area (Å²) in [6.07, 6.45) is 4.06. The van der Waals surface area contributed by atoms with Crippen LogP contribution in [-0.4, -0.2) is 32.6 Å². The van der Waals surface area contributed by atoms with E-state index in [1.165, 1.54) is 17.2 Å². The van der Waals surface area contributed by atoms with E-state index in [0.29, 0.717) is 12.5 Å². The molecule has 0 N–H and O–H groups in total. The molecular formula is C25H25FN4. The van der Waals surface area contributed by atoms with Crippen molar-refractivity contribution in [3.8, 4) is 11.1 Å². The summed E-state index contributed by atoms with van der Waals surface area (Å²) in [6, 6.07) is 19.7. The predicted molar refractivity (Wildman–Crippen MR) is 117 cm³/mol. The molecule has 5 rings (SSSR count). The van der Waals surface area contributed by atoms with Crippen LogP contribution in [0.25, 0.3) is 16.8 Å². The van der Waals surface area contributed by atoms with Crippen LogP contribution in [0.2, 0.25) is 0 Å². The molecule has 1 fully saturated rings. The minimum absolute atomic E-state index is 0.119. The van der Waals surface area contributed by atoms with Crippen molar-refractivity contribution >= 4 is 5.65 Å². The van der Waals surface area contributed by atoms with Crippen molar-refractivity contribution in [3.63, 3.8) is 0 Å². The topological polar surface area (TPSA) is 33.4 Å². The van der Waals surface area contributed by atoms with Gasteiger partial charge in [0, 0.05) is 29.8 Å². The summed E-state index contributed by atoms with van der Waals surface area (Å²) in [6.45, 7) is 4.64. The van der Waals surface area contributed by atoms with Crippen molar-refractivity contribution in [1.29, 1.82) is 0 Å². The highest BCUT2D eigenvalue weighted by molar-refractivity contribution is 5.65. The highest BCUT2D eigenvalue weighted by Gasteiger charge is 2.24. The minimum atomic E-state index is -0.119. The first-order chi connectivity index (χ1) is 14.7. The van der Waals surface area contributed by atoms with E-state index in [1.807, 2.05) is 22.7 Å². The lowest BCUT2D eigenvalue weighted by molar-refractivity contribution is 0.199. The van der Waals surface area contributed by atoms with Gasteiger partial charge in [-0.25, -0.2) is 13.9 Å². The second-order valence-corrected chi connectivity index (χ2v) is 8.20. The Balaban J connectivity index is 1.29.